The number of pyridine rings is 1. The van der Waals surface area contributed by atoms with Crippen LogP contribution in [0.5, 0.6) is 23.0 Å². The van der Waals surface area contributed by atoms with Crippen LogP contribution in [0.25, 0.3) is 10.8 Å². The summed E-state index contributed by atoms with van der Waals surface area (Å²) in [6.07, 6.45) is 2.73. The van der Waals surface area contributed by atoms with Gasteiger partial charge in [-0.05, 0) is 41.3 Å². The number of fused-ring (bicyclic) bond motifs is 1. The smallest absolute Gasteiger partial charge is 0.209 e. The summed E-state index contributed by atoms with van der Waals surface area (Å²) in [7, 11) is 2.59. The Bertz CT molecular complexity index is 1160. The number of nitrogens with zero attached hydrogens (tertiary/aromatic N) is 1. The van der Waals surface area contributed by atoms with E-state index in [4.69, 9.17) is 18.9 Å². The molecule has 0 radical (unpaired) electrons. The van der Waals surface area contributed by atoms with Crippen molar-refractivity contribution in [3.05, 3.63) is 53.9 Å². The van der Waals surface area contributed by atoms with Crippen LogP contribution >= 0.6 is 0 Å². The minimum absolute atomic E-state index is 0.481. The summed E-state index contributed by atoms with van der Waals surface area (Å²) in [5.41, 5.74) is 1.17. The number of hydrogen-bond donors (Lipinski definition) is 1. The maximum atomic E-state index is 12.2. The van der Waals surface area contributed by atoms with Gasteiger partial charge in [0.2, 0.25) is 10.0 Å². The van der Waals surface area contributed by atoms with Crippen LogP contribution in [0.1, 0.15) is 17.3 Å². The van der Waals surface area contributed by atoms with Gasteiger partial charge in [0, 0.05) is 11.6 Å². The lowest BCUT2D eigenvalue weighted by atomic mass is 9.98. The van der Waals surface area contributed by atoms with Crippen molar-refractivity contribution in [3.63, 3.8) is 0 Å². The molecule has 1 unspecified atom stereocenters. The Morgan fingerprint density at radius 1 is 0.833 bits per heavy atom. The van der Waals surface area contributed by atoms with E-state index in [1.54, 1.807) is 44.7 Å². The van der Waals surface area contributed by atoms with E-state index in [0.29, 0.717) is 34.3 Å². The van der Waals surface area contributed by atoms with E-state index in [1.807, 2.05) is 12.1 Å². The molecule has 3 rings (SSSR count). The van der Waals surface area contributed by atoms with E-state index in [9.17, 15) is 8.42 Å². The Labute approximate surface area is 175 Å². The molecule has 0 aliphatic heterocycles. The highest BCUT2D eigenvalue weighted by Crippen LogP contribution is 2.37. The van der Waals surface area contributed by atoms with Crippen molar-refractivity contribution in [1.82, 2.24) is 9.71 Å². The molecular formula is C21H24N2O6S. The molecule has 3 aromatic rings. The number of hydrogen-bond acceptors (Lipinski definition) is 7. The van der Waals surface area contributed by atoms with Gasteiger partial charge in [0.15, 0.2) is 23.0 Å². The van der Waals surface area contributed by atoms with Crippen molar-refractivity contribution in [2.75, 3.05) is 34.7 Å². The van der Waals surface area contributed by atoms with Crippen LogP contribution in [0.3, 0.4) is 0 Å². The second kappa shape index (κ2) is 8.76. The predicted molar refractivity (Wildman–Crippen MR) is 114 cm³/mol. The number of ether oxygens (including phenoxy) is 4. The molecule has 160 valence electrons. The molecule has 0 aliphatic rings. The third-order valence-electron chi connectivity index (χ3n) is 4.65. The average molecular weight is 432 g/mol. The first-order valence-corrected chi connectivity index (χ1v) is 10.9. The lowest BCUT2D eigenvalue weighted by Crippen LogP contribution is -2.29. The van der Waals surface area contributed by atoms with Gasteiger partial charge < -0.3 is 18.9 Å². The summed E-state index contributed by atoms with van der Waals surface area (Å²) in [6, 6.07) is 9.89. The second-order valence-corrected chi connectivity index (χ2v) is 8.34. The third kappa shape index (κ3) is 4.42. The van der Waals surface area contributed by atoms with Crippen molar-refractivity contribution in [3.8, 4) is 23.0 Å². The molecule has 0 fully saturated rings. The first kappa shape index (κ1) is 21.7. The Balaban J connectivity index is 2.26. The first-order chi connectivity index (χ1) is 14.3. The van der Waals surface area contributed by atoms with Crippen LogP contribution in [0.15, 0.2) is 42.6 Å². The molecule has 0 amide bonds. The topological polar surface area (TPSA) is 96.0 Å². The van der Waals surface area contributed by atoms with E-state index in [-0.39, 0.29) is 0 Å². The SMILES string of the molecule is COc1ccc(C(NS(C)(=O)=O)c2nccc3cc(OC)c(OC)cc23)cc1OC. The van der Waals surface area contributed by atoms with Crippen LogP contribution in [0.4, 0.5) is 0 Å². The minimum Gasteiger partial charge on any atom is -0.493 e. The molecule has 1 N–H and O–H groups in total. The molecular weight excluding hydrogens is 408 g/mol. The number of sulfonamides is 1. The number of methoxy groups -OCH3 is 4. The number of nitrogens with one attached hydrogen (secondary N) is 1. The van der Waals surface area contributed by atoms with Gasteiger partial charge in [-0.2, -0.15) is 0 Å². The molecule has 2 aromatic carbocycles. The normalized spacial score (nSPS) is 12.4. The highest BCUT2D eigenvalue weighted by molar-refractivity contribution is 7.88. The molecule has 1 aromatic heterocycles. The molecule has 9 heteroatoms. The molecule has 0 bridgehead atoms. The van der Waals surface area contributed by atoms with Crippen LogP contribution < -0.4 is 23.7 Å². The summed E-state index contributed by atoms with van der Waals surface area (Å²) < 4.78 is 48.5. The highest BCUT2D eigenvalue weighted by Gasteiger charge is 2.24. The fourth-order valence-corrected chi connectivity index (χ4v) is 3.96. The summed E-state index contributed by atoms with van der Waals surface area (Å²) >= 11 is 0. The summed E-state index contributed by atoms with van der Waals surface area (Å²) in [5, 5.41) is 1.56. The Hall–Kier alpha value is -3.04. The van der Waals surface area contributed by atoms with E-state index < -0.39 is 16.1 Å². The molecule has 1 atom stereocenters. The van der Waals surface area contributed by atoms with Gasteiger partial charge in [0.05, 0.1) is 46.4 Å². The molecule has 0 saturated heterocycles. The fraction of sp³-hybridized carbons (Fsp3) is 0.286. The lowest BCUT2D eigenvalue weighted by Gasteiger charge is -2.21. The van der Waals surface area contributed by atoms with Crippen LogP contribution in [-0.2, 0) is 10.0 Å². The second-order valence-electron chi connectivity index (χ2n) is 6.56. The monoisotopic (exact) mass is 432 g/mol. The quantitative estimate of drug-likeness (QED) is 0.585. The zero-order valence-electron chi connectivity index (χ0n) is 17.4. The van der Waals surface area contributed by atoms with Crippen molar-refractivity contribution in [2.24, 2.45) is 0 Å². The molecule has 8 nitrogen and oxygen atoms in total. The standard InChI is InChI=1S/C21H24N2O6S/c1-26-16-7-6-14(11-17(16)27-2)20(23-30(5,24)25)21-15-12-19(29-4)18(28-3)10-13(15)8-9-22-21/h6-12,20,23H,1-5H3. The third-order valence-corrected chi connectivity index (χ3v) is 5.31. The van der Waals surface area contributed by atoms with Gasteiger partial charge in [0.1, 0.15) is 0 Å². The van der Waals surface area contributed by atoms with Gasteiger partial charge in [-0.3, -0.25) is 4.98 Å². The Kier molecular flexibility index (Phi) is 6.33. The predicted octanol–water partition coefficient (Wildman–Crippen LogP) is 2.91. The van der Waals surface area contributed by atoms with Crippen LogP contribution in [0, 0.1) is 0 Å². The molecule has 0 saturated carbocycles. The summed E-state index contributed by atoms with van der Waals surface area (Å²) in [5.74, 6) is 2.11. The van der Waals surface area contributed by atoms with Crippen molar-refractivity contribution < 1.29 is 27.4 Å². The molecule has 1 heterocycles. The summed E-state index contributed by atoms with van der Waals surface area (Å²) in [6.45, 7) is 0. The van der Waals surface area contributed by atoms with Crippen molar-refractivity contribution >= 4 is 20.8 Å². The Morgan fingerprint density at radius 3 is 2.03 bits per heavy atom. The molecule has 30 heavy (non-hydrogen) atoms. The van der Waals surface area contributed by atoms with E-state index in [0.717, 1.165) is 17.0 Å². The van der Waals surface area contributed by atoms with Gasteiger partial charge in [-0.25, -0.2) is 13.1 Å². The van der Waals surface area contributed by atoms with Gasteiger partial charge in [-0.1, -0.05) is 6.07 Å². The number of rotatable bonds is 8. The average Bonchev–Trinajstić information content (AvgIpc) is 2.74. The fourth-order valence-electron chi connectivity index (χ4n) is 3.28. The van der Waals surface area contributed by atoms with Crippen LogP contribution in [-0.4, -0.2) is 48.1 Å². The number of aromatic nitrogens is 1. The number of benzene rings is 2. The maximum Gasteiger partial charge on any atom is 0.209 e. The highest BCUT2D eigenvalue weighted by atomic mass is 32.2. The largest absolute Gasteiger partial charge is 0.493 e. The first-order valence-electron chi connectivity index (χ1n) is 9.01. The van der Waals surface area contributed by atoms with E-state index in [1.165, 1.54) is 14.2 Å². The van der Waals surface area contributed by atoms with Gasteiger partial charge >= 0.3 is 0 Å². The maximum absolute atomic E-state index is 12.2. The van der Waals surface area contributed by atoms with E-state index in [2.05, 4.69) is 9.71 Å². The van der Waals surface area contributed by atoms with Crippen molar-refractivity contribution in [2.45, 2.75) is 6.04 Å². The zero-order valence-corrected chi connectivity index (χ0v) is 18.2. The molecule has 0 spiro atoms. The Morgan fingerprint density at radius 2 is 1.43 bits per heavy atom. The molecule has 0 aliphatic carbocycles. The van der Waals surface area contributed by atoms with Gasteiger partial charge in [-0.15, -0.1) is 0 Å². The van der Waals surface area contributed by atoms with Gasteiger partial charge in [0.25, 0.3) is 0 Å². The minimum atomic E-state index is -3.57. The summed E-state index contributed by atoms with van der Waals surface area (Å²) in [4.78, 5) is 4.50. The van der Waals surface area contributed by atoms with Crippen molar-refractivity contribution in [1.29, 1.82) is 0 Å². The zero-order chi connectivity index (χ0) is 21.9. The van der Waals surface area contributed by atoms with E-state index >= 15 is 0 Å². The lowest BCUT2D eigenvalue weighted by molar-refractivity contribution is 0.354. The van der Waals surface area contributed by atoms with Crippen LogP contribution in [0.2, 0.25) is 0 Å².